The normalized spacial score (nSPS) is 14.6. The minimum Gasteiger partial charge on any atom is -0.462 e. The summed E-state index contributed by atoms with van der Waals surface area (Å²) in [6.07, 6.45) is 64.6. The Hall–Kier alpha value is -3.76. The molecule has 0 aliphatic rings. The van der Waals surface area contributed by atoms with Gasteiger partial charge in [0.25, 0.3) is 0 Å². The van der Waals surface area contributed by atoms with Crippen LogP contribution in [0, 0.1) is 0 Å². The molecule has 0 saturated carbocycles. The summed E-state index contributed by atoms with van der Waals surface area (Å²) < 4.78 is 68.2. The van der Waals surface area contributed by atoms with Crippen LogP contribution in [0.1, 0.15) is 297 Å². The van der Waals surface area contributed by atoms with Crippen LogP contribution in [-0.2, 0) is 65.4 Å². The van der Waals surface area contributed by atoms with E-state index in [-0.39, 0.29) is 25.7 Å². The number of phosphoric ester groups is 2. The third-order valence-corrected chi connectivity index (χ3v) is 16.7. The molecule has 92 heavy (non-hydrogen) atoms. The van der Waals surface area contributed by atoms with Crippen molar-refractivity contribution in [2.24, 2.45) is 0 Å². The first-order valence-electron chi connectivity index (χ1n) is 35.8. The Balaban J connectivity index is 5.29. The van der Waals surface area contributed by atoms with Crippen molar-refractivity contribution in [3.05, 3.63) is 85.1 Å². The van der Waals surface area contributed by atoms with Gasteiger partial charge in [-0.3, -0.25) is 37.3 Å². The SMILES string of the molecule is CC/C=C\C/C=C\C/C=C\CCCCCCCCCC(=O)OCC(COP(=O)(O)OCC(O)COP(=O)(O)OCC(COC(=O)CCCCCCC/C=C\C/C=C\CCC)OC(=O)CCCCCCC/C=C\CCCC)OC(=O)CCCCCCC/C=C\CCCC. The van der Waals surface area contributed by atoms with Gasteiger partial charge in [0, 0.05) is 25.7 Å². The quantitative estimate of drug-likeness (QED) is 0.0169. The Labute approximate surface area is 557 Å². The number of hydrogen-bond donors (Lipinski definition) is 3. The molecule has 0 fully saturated rings. The molecule has 19 heteroatoms. The lowest BCUT2D eigenvalue weighted by atomic mass is 10.1. The van der Waals surface area contributed by atoms with Crippen LogP contribution in [0.5, 0.6) is 0 Å². The van der Waals surface area contributed by atoms with Crippen molar-refractivity contribution >= 4 is 39.5 Å². The molecule has 0 aromatic rings. The summed E-state index contributed by atoms with van der Waals surface area (Å²) in [5.41, 5.74) is 0. The highest BCUT2D eigenvalue weighted by atomic mass is 31.2. The Morgan fingerprint density at radius 1 is 0.315 bits per heavy atom. The van der Waals surface area contributed by atoms with E-state index in [0.29, 0.717) is 25.7 Å². The minimum absolute atomic E-state index is 0.0824. The summed E-state index contributed by atoms with van der Waals surface area (Å²) in [7, 11) is -9.94. The van der Waals surface area contributed by atoms with Gasteiger partial charge in [-0.1, -0.05) is 235 Å². The van der Waals surface area contributed by atoms with Gasteiger partial charge in [0.1, 0.15) is 19.3 Å². The van der Waals surface area contributed by atoms with Crippen molar-refractivity contribution in [3.8, 4) is 0 Å². The third-order valence-electron chi connectivity index (χ3n) is 14.8. The highest BCUT2D eigenvalue weighted by Gasteiger charge is 2.30. The largest absolute Gasteiger partial charge is 0.472 e. The van der Waals surface area contributed by atoms with Crippen LogP contribution in [0.3, 0.4) is 0 Å². The lowest BCUT2D eigenvalue weighted by Crippen LogP contribution is -2.30. The molecule has 0 spiro atoms. The van der Waals surface area contributed by atoms with Crippen molar-refractivity contribution in [2.45, 2.75) is 316 Å². The van der Waals surface area contributed by atoms with Gasteiger partial charge in [0.2, 0.25) is 0 Å². The smallest absolute Gasteiger partial charge is 0.462 e. The number of aliphatic hydroxyl groups is 1. The van der Waals surface area contributed by atoms with E-state index in [1.54, 1.807) is 0 Å². The fraction of sp³-hybridized carbons (Fsp3) is 0.753. The average Bonchev–Trinajstić information content (AvgIpc) is 2.31. The maximum atomic E-state index is 13.0. The third kappa shape index (κ3) is 64.9. The van der Waals surface area contributed by atoms with Crippen LogP contribution in [0.25, 0.3) is 0 Å². The second kappa shape index (κ2) is 65.9. The number of allylic oxidation sites excluding steroid dienone is 14. The molecule has 0 saturated heterocycles. The molecule has 0 aromatic carbocycles. The molecular weight excluding hydrogens is 1210 g/mol. The summed E-state index contributed by atoms with van der Waals surface area (Å²) in [4.78, 5) is 72.5. The van der Waals surface area contributed by atoms with Crippen LogP contribution in [0.4, 0.5) is 0 Å². The van der Waals surface area contributed by atoms with E-state index in [4.69, 9.17) is 37.0 Å². The molecule has 5 unspecified atom stereocenters. The molecule has 3 N–H and O–H groups in total. The highest BCUT2D eigenvalue weighted by Crippen LogP contribution is 2.45. The summed E-state index contributed by atoms with van der Waals surface area (Å²) in [6.45, 7) is 4.57. The van der Waals surface area contributed by atoms with Crippen LogP contribution in [0.15, 0.2) is 85.1 Å². The van der Waals surface area contributed by atoms with Crippen molar-refractivity contribution in [1.82, 2.24) is 0 Å². The monoisotopic (exact) mass is 1340 g/mol. The Morgan fingerprint density at radius 3 is 0.924 bits per heavy atom. The molecule has 0 aliphatic carbocycles. The number of aliphatic hydroxyl groups excluding tert-OH is 1. The standard InChI is InChI=1S/C73H128O17P2/c1-5-9-13-17-21-25-29-31-32-33-34-36-40-42-46-50-54-58-71(76)84-64-69(90-73(78)60-56-52-48-44-38-28-24-20-16-12-8-4)66-88-92(81,82)86-62-67(74)61-85-91(79,80)87-65-68(89-72(77)59-55-51-47-43-37-27-23-19-15-11-7-3)63-83-70(75)57-53-49-45-41-39-35-30-26-22-18-14-10-6-2/h9,13-14,18-21,23-26,30-32,67-69,74H,5-8,10-12,15-17,22,27-29,33-66H2,1-4H3,(H,79,80)(H,81,82)/b13-9-,18-14-,23-19-,24-20-,25-21-,30-26-,32-31-. The predicted molar refractivity (Wildman–Crippen MR) is 372 cm³/mol. The van der Waals surface area contributed by atoms with E-state index >= 15 is 0 Å². The van der Waals surface area contributed by atoms with Gasteiger partial charge in [-0.2, -0.15) is 0 Å². The first-order valence-corrected chi connectivity index (χ1v) is 38.8. The number of rotatable bonds is 67. The molecule has 532 valence electrons. The Morgan fingerprint density at radius 2 is 0.587 bits per heavy atom. The maximum absolute atomic E-state index is 13.0. The second-order valence-corrected chi connectivity index (χ2v) is 26.7. The minimum atomic E-state index is -4.97. The first kappa shape index (κ1) is 88.2. The summed E-state index contributed by atoms with van der Waals surface area (Å²) in [6, 6.07) is 0. The van der Waals surface area contributed by atoms with Crippen LogP contribution in [-0.4, -0.2) is 96.7 Å². The van der Waals surface area contributed by atoms with Gasteiger partial charge in [-0.25, -0.2) is 9.13 Å². The molecule has 0 aromatic heterocycles. The zero-order valence-electron chi connectivity index (χ0n) is 57.7. The lowest BCUT2D eigenvalue weighted by molar-refractivity contribution is -0.161. The lowest BCUT2D eigenvalue weighted by Gasteiger charge is -2.21. The van der Waals surface area contributed by atoms with Gasteiger partial charge in [-0.15, -0.1) is 0 Å². The first-order chi connectivity index (χ1) is 44.7. The molecule has 0 radical (unpaired) electrons. The van der Waals surface area contributed by atoms with Gasteiger partial charge in [-0.05, 0) is 122 Å². The van der Waals surface area contributed by atoms with Crippen molar-refractivity contribution in [3.63, 3.8) is 0 Å². The Bertz CT molecular complexity index is 2090. The Kier molecular flexibility index (Phi) is 63.2. The number of esters is 4. The van der Waals surface area contributed by atoms with E-state index in [1.807, 2.05) is 0 Å². The molecular formula is C73H128O17P2. The van der Waals surface area contributed by atoms with Crippen LogP contribution >= 0.6 is 15.6 Å². The molecule has 0 bridgehead atoms. The fourth-order valence-corrected chi connectivity index (χ4v) is 10.9. The van der Waals surface area contributed by atoms with E-state index in [0.717, 1.165) is 193 Å². The number of carbonyl (C=O) groups excluding carboxylic acids is 4. The number of hydrogen-bond acceptors (Lipinski definition) is 15. The second-order valence-electron chi connectivity index (χ2n) is 23.8. The van der Waals surface area contributed by atoms with Crippen LogP contribution in [0.2, 0.25) is 0 Å². The topological polar surface area (TPSA) is 237 Å². The van der Waals surface area contributed by atoms with E-state index in [2.05, 4.69) is 113 Å². The number of ether oxygens (including phenoxy) is 4. The summed E-state index contributed by atoms with van der Waals surface area (Å²) >= 11 is 0. The molecule has 17 nitrogen and oxygen atoms in total. The van der Waals surface area contributed by atoms with Gasteiger partial charge in [0.15, 0.2) is 12.2 Å². The molecule has 0 aliphatic heterocycles. The van der Waals surface area contributed by atoms with Gasteiger partial charge in [0.05, 0.1) is 26.4 Å². The zero-order valence-corrected chi connectivity index (χ0v) is 59.5. The molecule has 0 amide bonds. The van der Waals surface area contributed by atoms with Crippen molar-refractivity contribution < 1.29 is 80.2 Å². The number of unbranched alkanes of at least 4 members (excludes halogenated alkanes) is 27. The van der Waals surface area contributed by atoms with Gasteiger partial charge >= 0.3 is 39.5 Å². The summed E-state index contributed by atoms with van der Waals surface area (Å²) in [5, 5.41) is 10.6. The van der Waals surface area contributed by atoms with Gasteiger partial charge < -0.3 is 33.8 Å². The molecule has 5 atom stereocenters. The van der Waals surface area contributed by atoms with Crippen molar-refractivity contribution in [2.75, 3.05) is 39.6 Å². The number of carbonyl (C=O) groups is 4. The zero-order chi connectivity index (χ0) is 67.5. The average molecular weight is 1340 g/mol. The van der Waals surface area contributed by atoms with E-state index in [9.17, 15) is 43.2 Å². The van der Waals surface area contributed by atoms with E-state index in [1.165, 1.54) is 25.7 Å². The highest BCUT2D eigenvalue weighted by molar-refractivity contribution is 7.47. The van der Waals surface area contributed by atoms with E-state index < -0.39 is 97.5 Å². The molecule has 0 heterocycles. The molecule has 0 rings (SSSR count). The number of phosphoric acid groups is 2. The predicted octanol–water partition coefficient (Wildman–Crippen LogP) is 19.9. The maximum Gasteiger partial charge on any atom is 0.472 e. The van der Waals surface area contributed by atoms with Crippen LogP contribution < -0.4 is 0 Å². The summed E-state index contributed by atoms with van der Waals surface area (Å²) in [5.74, 6) is -2.21. The fourth-order valence-electron chi connectivity index (χ4n) is 9.29. The van der Waals surface area contributed by atoms with Crippen molar-refractivity contribution in [1.29, 1.82) is 0 Å².